The van der Waals surface area contributed by atoms with E-state index in [4.69, 9.17) is 0 Å². The summed E-state index contributed by atoms with van der Waals surface area (Å²) in [4.78, 5) is 0. The molecule has 0 aliphatic heterocycles. The molecule has 2 rings (SSSR count). The molecule has 0 radical (unpaired) electrons. The molecule has 2 aliphatic rings. The molecule has 0 heterocycles. The zero-order chi connectivity index (χ0) is 11.7. The normalized spacial score (nSPS) is 50.2. The summed E-state index contributed by atoms with van der Waals surface area (Å²) < 4.78 is 0. The third kappa shape index (κ3) is 2.63. The van der Waals surface area contributed by atoms with Crippen molar-refractivity contribution in [1.82, 2.24) is 0 Å². The average Bonchev–Trinajstić information content (AvgIpc) is 2.26. The highest BCUT2D eigenvalue weighted by Gasteiger charge is 2.33. The summed E-state index contributed by atoms with van der Waals surface area (Å²) in [6, 6.07) is 0. The van der Waals surface area contributed by atoms with Crippen molar-refractivity contribution in [3.63, 3.8) is 0 Å². The Labute approximate surface area is 102 Å². The molecule has 0 aromatic heterocycles. The second-order valence-corrected chi connectivity index (χ2v) is 7.06. The SMILES string of the molecule is CC1CCC(C2CCC(C)[C@H](C)C2)CC1C. The lowest BCUT2D eigenvalue weighted by Gasteiger charge is -2.41. The van der Waals surface area contributed by atoms with E-state index < -0.39 is 0 Å². The van der Waals surface area contributed by atoms with Gasteiger partial charge in [0.25, 0.3) is 0 Å². The predicted molar refractivity (Wildman–Crippen MR) is 71.3 cm³/mol. The van der Waals surface area contributed by atoms with Crippen LogP contribution in [-0.2, 0) is 0 Å². The lowest BCUT2D eigenvalue weighted by atomic mass is 9.64. The summed E-state index contributed by atoms with van der Waals surface area (Å²) in [6.07, 6.45) is 9.08. The van der Waals surface area contributed by atoms with E-state index in [1.807, 2.05) is 0 Å². The van der Waals surface area contributed by atoms with Gasteiger partial charge >= 0.3 is 0 Å². The molecule has 0 spiro atoms. The zero-order valence-corrected chi connectivity index (χ0v) is 11.7. The van der Waals surface area contributed by atoms with Crippen LogP contribution in [0.2, 0.25) is 0 Å². The van der Waals surface area contributed by atoms with Gasteiger partial charge in [0.05, 0.1) is 0 Å². The second-order valence-electron chi connectivity index (χ2n) is 7.06. The molecule has 0 aromatic rings. The molecule has 2 saturated carbocycles. The third-order valence-electron chi connectivity index (χ3n) is 5.94. The highest BCUT2D eigenvalue weighted by atomic mass is 14.4. The lowest BCUT2D eigenvalue weighted by molar-refractivity contribution is 0.0956. The molecule has 6 atom stereocenters. The monoisotopic (exact) mass is 222 g/mol. The molecule has 0 aromatic carbocycles. The van der Waals surface area contributed by atoms with Crippen LogP contribution in [0.1, 0.15) is 66.2 Å². The van der Waals surface area contributed by atoms with Gasteiger partial charge in [-0.25, -0.2) is 0 Å². The van der Waals surface area contributed by atoms with Crippen LogP contribution < -0.4 is 0 Å². The molecule has 16 heavy (non-hydrogen) atoms. The highest BCUT2D eigenvalue weighted by Crippen LogP contribution is 2.44. The third-order valence-corrected chi connectivity index (χ3v) is 5.94. The standard InChI is InChI=1S/C16H30/c1-11-5-7-15(9-13(11)3)16-8-6-12(2)14(4)10-16/h11-16H,5-10H2,1-4H3/t11?,12?,13-,14?,15?,16?/m1/s1. The summed E-state index contributed by atoms with van der Waals surface area (Å²) >= 11 is 0. The Hall–Kier alpha value is 0. The fourth-order valence-corrected chi connectivity index (χ4v) is 4.03. The smallest absolute Gasteiger partial charge is 0.0383 e. The van der Waals surface area contributed by atoms with E-state index >= 15 is 0 Å². The first-order valence-electron chi connectivity index (χ1n) is 7.58. The van der Waals surface area contributed by atoms with E-state index in [-0.39, 0.29) is 0 Å². The van der Waals surface area contributed by atoms with E-state index in [0.717, 1.165) is 35.5 Å². The molecule has 2 fully saturated rings. The largest absolute Gasteiger partial charge is 0.0623 e. The highest BCUT2D eigenvalue weighted by molar-refractivity contribution is 4.84. The zero-order valence-electron chi connectivity index (χ0n) is 11.7. The van der Waals surface area contributed by atoms with Crippen LogP contribution in [0.15, 0.2) is 0 Å². The van der Waals surface area contributed by atoms with E-state index in [2.05, 4.69) is 27.7 Å². The topological polar surface area (TPSA) is 0 Å². The fraction of sp³-hybridized carbons (Fsp3) is 1.00. The summed E-state index contributed by atoms with van der Waals surface area (Å²) in [7, 11) is 0. The van der Waals surface area contributed by atoms with Crippen molar-refractivity contribution in [3.05, 3.63) is 0 Å². The molecular formula is C16H30. The molecule has 0 nitrogen and oxygen atoms in total. The first-order chi connectivity index (χ1) is 7.58. The van der Waals surface area contributed by atoms with Crippen molar-refractivity contribution < 1.29 is 0 Å². The summed E-state index contributed by atoms with van der Waals surface area (Å²) in [5, 5.41) is 0. The molecule has 0 saturated heterocycles. The number of hydrogen-bond acceptors (Lipinski definition) is 0. The minimum Gasteiger partial charge on any atom is -0.0623 e. The van der Waals surface area contributed by atoms with Crippen molar-refractivity contribution in [3.8, 4) is 0 Å². The molecule has 0 bridgehead atoms. The van der Waals surface area contributed by atoms with Crippen molar-refractivity contribution in [1.29, 1.82) is 0 Å². The van der Waals surface area contributed by atoms with Crippen molar-refractivity contribution >= 4 is 0 Å². The van der Waals surface area contributed by atoms with Crippen molar-refractivity contribution in [2.75, 3.05) is 0 Å². The Morgan fingerprint density at radius 2 is 0.875 bits per heavy atom. The first kappa shape index (κ1) is 12.5. The van der Waals surface area contributed by atoms with Gasteiger partial charge in [-0.05, 0) is 61.2 Å². The predicted octanol–water partition coefficient (Wildman–Crippen LogP) is 5.13. The van der Waals surface area contributed by atoms with Gasteiger partial charge in [0.15, 0.2) is 0 Å². The second kappa shape index (κ2) is 5.10. The Morgan fingerprint density at radius 1 is 0.500 bits per heavy atom. The van der Waals surface area contributed by atoms with Gasteiger partial charge in [-0.1, -0.05) is 40.5 Å². The molecular weight excluding hydrogens is 192 g/mol. The van der Waals surface area contributed by atoms with Crippen LogP contribution in [0.4, 0.5) is 0 Å². The Morgan fingerprint density at radius 3 is 1.19 bits per heavy atom. The van der Waals surface area contributed by atoms with E-state index in [1.165, 1.54) is 38.5 Å². The lowest BCUT2D eigenvalue weighted by Crippen LogP contribution is -2.31. The van der Waals surface area contributed by atoms with Crippen LogP contribution in [0.25, 0.3) is 0 Å². The Kier molecular flexibility index (Phi) is 3.97. The van der Waals surface area contributed by atoms with Gasteiger partial charge in [-0.15, -0.1) is 0 Å². The van der Waals surface area contributed by atoms with Crippen LogP contribution >= 0.6 is 0 Å². The summed E-state index contributed by atoms with van der Waals surface area (Å²) in [5.41, 5.74) is 0. The Balaban J connectivity index is 1.88. The molecule has 0 amide bonds. The molecule has 0 N–H and O–H groups in total. The maximum absolute atomic E-state index is 2.48. The van der Waals surface area contributed by atoms with Crippen molar-refractivity contribution in [2.45, 2.75) is 66.2 Å². The van der Waals surface area contributed by atoms with Crippen LogP contribution in [0.5, 0.6) is 0 Å². The maximum Gasteiger partial charge on any atom is -0.0383 e. The number of hydrogen-bond donors (Lipinski definition) is 0. The van der Waals surface area contributed by atoms with Gasteiger partial charge < -0.3 is 0 Å². The quantitative estimate of drug-likeness (QED) is 0.577. The van der Waals surface area contributed by atoms with Gasteiger partial charge in [-0.3, -0.25) is 0 Å². The van der Waals surface area contributed by atoms with Crippen LogP contribution in [0, 0.1) is 35.5 Å². The molecule has 94 valence electrons. The number of rotatable bonds is 1. The Bertz CT molecular complexity index is 196. The minimum absolute atomic E-state index is 0.980. The van der Waals surface area contributed by atoms with Gasteiger partial charge in [-0.2, -0.15) is 0 Å². The summed E-state index contributed by atoms with van der Waals surface area (Å²) in [5.74, 6) is 6.07. The summed E-state index contributed by atoms with van der Waals surface area (Å²) in [6.45, 7) is 9.86. The van der Waals surface area contributed by atoms with Crippen molar-refractivity contribution in [2.24, 2.45) is 35.5 Å². The maximum atomic E-state index is 2.48. The molecule has 0 heteroatoms. The minimum atomic E-state index is 0.980. The average molecular weight is 222 g/mol. The van der Waals surface area contributed by atoms with E-state index in [9.17, 15) is 0 Å². The van der Waals surface area contributed by atoms with Gasteiger partial charge in [0.2, 0.25) is 0 Å². The molecule has 5 unspecified atom stereocenters. The van der Waals surface area contributed by atoms with E-state index in [1.54, 1.807) is 0 Å². The van der Waals surface area contributed by atoms with Gasteiger partial charge in [0.1, 0.15) is 0 Å². The van der Waals surface area contributed by atoms with Gasteiger partial charge in [0, 0.05) is 0 Å². The van der Waals surface area contributed by atoms with E-state index in [0.29, 0.717) is 0 Å². The van der Waals surface area contributed by atoms with Crippen LogP contribution in [0.3, 0.4) is 0 Å². The first-order valence-corrected chi connectivity index (χ1v) is 7.58. The van der Waals surface area contributed by atoms with Crippen LogP contribution in [-0.4, -0.2) is 0 Å². The molecule has 2 aliphatic carbocycles. The fourth-order valence-electron chi connectivity index (χ4n) is 4.03.